The van der Waals surface area contributed by atoms with Crippen molar-refractivity contribution in [2.45, 2.75) is 12.1 Å². The maximum absolute atomic E-state index is 9.80. The van der Waals surface area contributed by atoms with Gasteiger partial charge < -0.3 is 24.6 Å². The lowest BCUT2D eigenvalue weighted by atomic mass is 10.0. The van der Waals surface area contributed by atoms with Crippen LogP contribution in [0.2, 0.25) is 0 Å². The predicted octanol–water partition coefficient (Wildman–Crippen LogP) is 6.55. The van der Waals surface area contributed by atoms with Gasteiger partial charge in [0.05, 0.1) is 11.7 Å². The molecule has 2 aromatic heterocycles. The fraction of sp³-hybridized carbons (Fsp3) is 0.0667. The van der Waals surface area contributed by atoms with Crippen LogP contribution in [0.4, 0.5) is 5.69 Å². The lowest BCUT2D eigenvalue weighted by Gasteiger charge is -2.29. The summed E-state index contributed by atoms with van der Waals surface area (Å²) in [4.78, 5) is 6.78. The van der Waals surface area contributed by atoms with Gasteiger partial charge in [-0.25, -0.2) is 0 Å². The van der Waals surface area contributed by atoms with E-state index in [2.05, 4.69) is 25.8 Å². The van der Waals surface area contributed by atoms with Gasteiger partial charge in [-0.3, -0.25) is 4.98 Å². The summed E-state index contributed by atoms with van der Waals surface area (Å²) >= 11 is 5.88. The van der Waals surface area contributed by atoms with E-state index in [9.17, 15) is 5.11 Å². The monoisotopic (exact) mass is 504 g/mol. The summed E-state index contributed by atoms with van der Waals surface area (Å²) in [5.74, 6) is 1.76. The molecule has 0 saturated carbocycles. The Morgan fingerprint density at radius 3 is 2.19 bits per heavy atom. The van der Waals surface area contributed by atoms with Crippen molar-refractivity contribution >= 4 is 23.0 Å². The molecule has 1 aliphatic rings. The smallest absolute Gasteiger partial charge is 0.174 e. The Balaban J connectivity index is 1.40. The molecule has 7 heteroatoms. The summed E-state index contributed by atoms with van der Waals surface area (Å²) < 4.78 is 8.12. The van der Waals surface area contributed by atoms with Crippen molar-refractivity contribution in [2.75, 3.05) is 4.90 Å². The SMILES string of the molecule is Oc1ccc(-n2cccc2[C@H]2[C@@H](c3ccccn3)NC(=S)N2c2ccc(Oc3ccccc3)cc2)cc1. The van der Waals surface area contributed by atoms with E-state index in [1.165, 1.54) is 0 Å². The quantitative estimate of drug-likeness (QED) is 0.256. The van der Waals surface area contributed by atoms with E-state index in [4.69, 9.17) is 17.0 Å². The summed E-state index contributed by atoms with van der Waals surface area (Å²) in [6.07, 6.45) is 3.82. The van der Waals surface area contributed by atoms with Crippen LogP contribution in [0.3, 0.4) is 0 Å². The van der Waals surface area contributed by atoms with Crippen molar-refractivity contribution in [1.29, 1.82) is 0 Å². The molecule has 182 valence electrons. The number of hydrogen-bond acceptors (Lipinski definition) is 4. The Hall–Kier alpha value is -4.62. The zero-order valence-electron chi connectivity index (χ0n) is 19.8. The number of hydrogen-bond donors (Lipinski definition) is 2. The summed E-state index contributed by atoms with van der Waals surface area (Å²) in [6, 6.07) is 34.5. The highest BCUT2D eigenvalue weighted by molar-refractivity contribution is 7.80. The molecule has 0 bridgehead atoms. The number of aromatic nitrogens is 2. The van der Waals surface area contributed by atoms with Crippen LogP contribution in [0.5, 0.6) is 17.2 Å². The molecule has 5 aromatic rings. The molecule has 3 aromatic carbocycles. The third-order valence-corrected chi connectivity index (χ3v) is 6.72. The number of pyridine rings is 1. The van der Waals surface area contributed by atoms with E-state index in [0.29, 0.717) is 5.11 Å². The first-order valence-corrected chi connectivity index (χ1v) is 12.4. The van der Waals surface area contributed by atoms with Gasteiger partial charge in [0.25, 0.3) is 0 Å². The van der Waals surface area contributed by atoms with Gasteiger partial charge in [-0.15, -0.1) is 0 Å². The number of ether oxygens (including phenoxy) is 1. The number of nitrogens with zero attached hydrogens (tertiary/aromatic N) is 3. The molecule has 2 N–H and O–H groups in total. The van der Waals surface area contributed by atoms with E-state index >= 15 is 0 Å². The zero-order valence-corrected chi connectivity index (χ0v) is 20.6. The fourth-order valence-electron chi connectivity index (χ4n) is 4.72. The second-order valence-electron chi connectivity index (χ2n) is 8.73. The fourth-order valence-corrected chi connectivity index (χ4v) is 5.06. The van der Waals surface area contributed by atoms with Crippen LogP contribution in [0.25, 0.3) is 5.69 Å². The number of para-hydroxylation sites is 1. The molecular formula is C30H24N4O2S. The van der Waals surface area contributed by atoms with Crippen molar-refractivity contribution < 1.29 is 9.84 Å². The van der Waals surface area contributed by atoms with Crippen LogP contribution < -0.4 is 15.0 Å². The lowest BCUT2D eigenvalue weighted by Crippen LogP contribution is -2.30. The predicted molar refractivity (Wildman–Crippen MR) is 148 cm³/mol. The van der Waals surface area contributed by atoms with Gasteiger partial charge in [-0.2, -0.15) is 0 Å². The van der Waals surface area contributed by atoms with E-state index in [1.54, 1.807) is 18.3 Å². The third-order valence-electron chi connectivity index (χ3n) is 6.40. The second kappa shape index (κ2) is 9.79. The molecule has 1 aliphatic heterocycles. The van der Waals surface area contributed by atoms with Gasteiger partial charge in [0.1, 0.15) is 23.3 Å². The van der Waals surface area contributed by atoms with Crippen LogP contribution in [0.15, 0.2) is 122 Å². The van der Waals surface area contributed by atoms with Gasteiger partial charge in [0, 0.05) is 29.5 Å². The van der Waals surface area contributed by atoms with Gasteiger partial charge in [-0.05, 0) is 97.1 Å². The van der Waals surface area contributed by atoms with E-state index in [0.717, 1.165) is 34.3 Å². The van der Waals surface area contributed by atoms with Crippen LogP contribution in [0.1, 0.15) is 23.5 Å². The minimum atomic E-state index is -0.174. The molecule has 2 atom stereocenters. The molecule has 0 radical (unpaired) electrons. The summed E-state index contributed by atoms with van der Waals surface area (Å²) in [7, 11) is 0. The summed E-state index contributed by atoms with van der Waals surface area (Å²) in [6.45, 7) is 0. The number of aromatic hydroxyl groups is 1. The first-order chi connectivity index (χ1) is 18.2. The highest BCUT2D eigenvalue weighted by Crippen LogP contribution is 2.42. The van der Waals surface area contributed by atoms with Gasteiger partial charge in [-0.1, -0.05) is 24.3 Å². The van der Waals surface area contributed by atoms with Crippen molar-refractivity contribution in [3.05, 3.63) is 133 Å². The van der Waals surface area contributed by atoms with Crippen LogP contribution in [-0.2, 0) is 0 Å². The number of nitrogens with one attached hydrogen (secondary N) is 1. The molecule has 6 rings (SSSR count). The van der Waals surface area contributed by atoms with Crippen molar-refractivity contribution in [3.8, 4) is 22.9 Å². The van der Waals surface area contributed by atoms with Crippen LogP contribution in [0, 0.1) is 0 Å². The van der Waals surface area contributed by atoms with Crippen molar-refractivity contribution in [3.63, 3.8) is 0 Å². The minimum Gasteiger partial charge on any atom is -0.508 e. The number of phenolic OH excluding ortho intramolecular Hbond substituents is 1. The van der Waals surface area contributed by atoms with Gasteiger partial charge in [0.2, 0.25) is 0 Å². The Bertz CT molecular complexity index is 1500. The lowest BCUT2D eigenvalue weighted by molar-refractivity contribution is 0.475. The Morgan fingerprint density at radius 1 is 0.757 bits per heavy atom. The van der Waals surface area contributed by atoms with Crippen molar-refractivity contribution in [1.82, 2.24) is 14.9 Å². The zero-order chi connectivity index (χ0) is 25.2. The molecule has 1 fully saturated rings. The standard InChI is InChI=1S/C30H24N4O2S/c35-23-15-11-21(12-16-23)33-20-6-10-27(33)29-28(26-9-4-5-19-31-26)32-30(37)34(29)22-13-17-25(18-14-22)36-24-7-2-1-3-8-24/h1-20,28-29,35H,(H,32,37)/t28-,29+/m1/s1. The molecular weight excluding hydrogens is 480 g/mol. The third kappa shape index (κ3) is 4.52. The maximum atomic E-state index is 9.80. The van der Waals surface area contributed by atoms with Gasteiger partial charge in [0.15, 0.2) is 5.11 Å². The normalized spacial score (nSPS) is 17.0. The van der Waals surface area contributed by atoms with E-state index in [-0.39, 0.29) is 17.8 Å². The summed E-state index contributed by atoms with van der Waals surface area (Å²) in [5.41, 5.74) is 3.83. The maximum Gasteiger partial charge on any atom is 0.174 e. The van der Waals surface area contributed by atoms with E-state index < -0.39 is 0 Å². The number of phenols is 1. The molecule has 1 saturated heterocycles. The average molecular weight is 505 g/mol. The van der Waals surface area contributed by atoms with Crippen LogP contribution in [-0.4, -0.2) is 19.8 Å². The molecule has 3 heterocycles. The molecule has 0 amide bonds. The molecule has 0 unspecified atom stereocenters. The van der Waals surface area contributed by atoms with E-state index in [1.807, 2.05) is 97.2 Å². The average Bonchev–Trinajstić information content (AvgIpc) is 3.55. The Labute approximate surface area is 220 Å². The summed E-state index contributed by atoms with van der Waals surface area (Å²) in [5, 5.41) is 13.9. The number of rotatable bonds is 6. The largest absolute Gasteiger partial charge is 0.508 e. The molecule has 0 spiro atoms. The Kier molecular flexibility index (Phi) is 6.04. The van der Waals surface area contributed by atoms with Crippen molar-refractivity contribution in [2.24, 2.45) is 0 Å². The van der Waals surface area contributed by atoms with Gasteiger partial charge >= 0.3 is 0 Å². The number of thiocarbonyl (C=S) groups is 1. The highest BCUT2D eigenvalue weighted by Gasteiger charge is 2.42. The number of anilines is 1. The minimum absolute atomic E-state index is 0.167. The second-order valence-corrected chi connectivity index (χ2v) is 9.11. The Morgan fingerprint density at radius 2 is 1.46 bits per heavy atom. The highest BCUT2D eigenvalue weighted by atomic mass is 32.1. The first-order valence-electron chi connectivity index (χ1n) is 12.0. The molecule has 37 heavy (non-hydrogen) atoms. The number of benzene rings is 3. The topological polar surface area (TPSA) is 62.5 Å². The molecule has 0 aliphatic carbocycles. The first kappa shape index (κ1) is 22.8. The molecule has 6 nitrogen and oxygen atoms in total. The van der Waals surface area contributed by atoms with Crippen LogP contribution >= 0.6 is 12.2 Å².